The largest absolute Gasteiger partial charge is 0.493 e. The van der Waals surface area contributed by atoms with Gasteiger partial charge in [-0.05, 0) is 55.1 Å². The summed E-state index contributed by atoms with van der Waals surface area (Å²) >= 11 is 0. The Morgan fingerprint density at radius 2 is 1.67 bits per heavy atom. The van der Waals surface area contributed by atoms with Crippen molar-refractivity contribution in [2.45, 2.75) is 13.5 Å². The lowest BCUT2D eigenvalue weighted by atomic mass is 10.0. The number of hydrogen-bond donors (Lipinski definition) is 1. The van der Waals surface area contributed by atoms with Crippen molar-refractivity contribution >= 4 is 12.4 Å². The minimum Gasteiger partial charge on any atom is -0.493 e. The van der Waals surface area contributed by atoms with Crippen LogP contribution in [-0.4, -0.2) is 45.3 Å². The second kappa shape index (κ2) is 6.86. The number of nitrogens with zero attached hydrogens (tertiary/aromatic N) is 1. The molecule has 0 amide bonds. The highest BCUT2D eigenvalue weighted by Crippen LogP contribution is 2.33. The Labute approximate surface area is 133 Å². The van der Waals surface area contributed by atoms with Crippen molar-refractivity contribution in [3.63, 3.8) is 0 Å². The topological polar surface area (TPSA) is 33.7 Å². The SMILES string of the molecule is COc1cc(C)c(CN2C[C@H]3CNC[C@H]3C2)cc1OC.Cl. The summed E-state index contributed by atoms with van der Waals surface area (Å²) in [4.78, 5) is 2.57. The van der Waals surface area contributed by atoms with Crippen LogP contribution < -0.4 is 14.8 Å². The van der Waals surface area contributed by atoms with Crippen molar-refractivity contribution in [1.82, 2.24) is 10.2 Å². The maximum atomic E-state index is 5.42. The van der Waals surface area contributed by atoms with Crippen LogP contribution in [0.2, 0.25) is 0 Å². The molecule has 1 aromatic rings. The third-order valence-corrected chi connectivity index (χ3v) is 4.70. The molecule has 1 aromatic carbocycles. The Hall–Kier alpha value is -0.970. The molecule has 0 unspecified atom stereocenters. The summed E-state index contributed by atoms with van der Waals surface area (Å²) in [6.45, 7) is 7.96. The second-order valence-electron chi connectivity index (χ2n) is 6.01. The Morgan fingerprint density at radius 1 is 1.10 bits per heavy atom. The van der Waals surface area contributed by atoms with Crippen molar-refractivity contribution in [2.24, 2.45) is 11.8 Å². The summed E-state index contributed by atoms with van der Waals surface area (Å²) in [6, 6.07) is 4.20. The Morgan fingerprint density at radius 3 is 2.24 bits per heavy atom. The number of rotatable bonds is 4. The molecule has 2 aliphatic rings. The lowest BCUT2D eigenvalue weighted by Gasteiger charge is -2.20. The van der Waals surface area contributed by atoms with E-state index in [0.29, 0.717) is 0 Å². The number of methoxy groups -OCH3 is 2. The van der Waals surface area contributed by atoms with Gasteiger partial charge in [0.2, 0.25) is 0 Å². The van der Waals surface area contributed by atoms with Crippen LogP contribution in [0.15, 0.2) is 12.1 Å². The van der Waals surface area contributed by atoms with Crippen molar-refractivity contribution in [3.8, 4) is 11.5 Å². The van der Waals surface area contributed by atoms with E-state index in [-0.39, 0.29) is 12.4 Å². The first kappa shape index (κ1) is 16.4. The van der Waals surface area contributed by atoms with Gasteiger partial charge < -0.3 is 14.8 Å². The summed E-state index contributed by atoms with van der Waals surface area (Å²) in [5.74, 6) is 3.33. The van der Waals surface area contributed by atoms with Gasteiger partial charge in [-0.3, -0.25) is 4.90 Å². The fourth-order valence-electron chi connectivity index (χ4n) is 3.52. The molecule has 0 radical (unpaired) electrons. The molecule has 0 aliphatic carbocycles. The zero-order valence-electron chi connectivity index (χ0n) is 13.0. The van der Waals surface area contributed by atoms with Gasteiger partial charge in [0.1, 0.15) is 0 Å². The number of halogens is 1. The highest BCUT2D eigenvalue weighted by atomic mass is 35.5. The molecule has 0 aromatic heterocycles. The number of ether oxygens (including phenoxy) is 2. The normalized spacial score (nSPS) is 24.5. The molecule has 2 saturated heterocycles. The predicted molar refractivity (Wildman–Crippen MR) is 86.7 cm³/mol. The average Bonchev–Trinajstić information content (AvgIpc) is 3.01. The van der Waals surface area contributed by atoms with Gasteiger partial charge in [0.15, 0.2) is 11.5 Å². The van der Waals surface area contributed by atoms with Crippen LogP contribution in [0.5, 0.6) is 11.5 Å². The molecular weight excluding hydrogens is 288 g/mol. The molecule has 0 spiro atoms. The third-order valence-electron chi connectivity index (χ3n) is 4.70. The van der Waals surface area contributed by atoms with Crippen LogP contribution in [0.1, 0.15) is 11.1 Å². The van der Waals surface area contributed by atoms with Crippen LogP contribution in [0.4, 0.5) is 0 Å². The summed E-state index contributed by atoms with van der Waals surface area (Å²) in [5.41, 5.74) is 2.62. The van der Waals surface area contributed by atoms with Gasteiger partial charge in [-0.25, -0.2) is 0 Å². The van der Waals surface area contributed by atoms with E-state index >= 15 is 0 Å². The lowest BCUT2D eigenvalue weighted by molar-refractivity contribution is 0.303. The monoisotopic (exact) mass is 312 g/mol. The van der Waals surface area contributed by atoms with E-state index in [0.717, 1.165) is 29.9 Å². The molecule has 2 fully saturated rings. The molecule has 2 aliphatic heterocycles. The number of fused-ring (bicyclic) bond motifs is 1. The first-order valence-electron chi connectivity index (χ1n) is 7.36. The predicted octanol–water partition coefficient (Wildman–Crippen LogP) is 2.09. The maximum absolute atomic E-state index is 5.42. The van der Waals surface area contributed by atoms with E-state index in [1.807, 2.05) is 0 Å². The van der Waals surface area contributed by atoms with Gasteiger partial charge in [-0.2, -0.15) is 0 Å². The second-order valence-corrected chi connectivity index (χ2v) is 6.01. The molecule has 2 atom stereocenters. The number of likely N-dealkylation sites (tertiary alicyclic amines) is 1. The Balaban J connectivity index is 0.00000161. The molecule has 5 heteroatoms. The highest BCUT2D eigenvalue weighted by molar-refractivity contribution is 5.85. The van der Waals surface area contributed by atoms with Gasteiger partial charge in [0.25, 0.3) is 0 Å². The van der Waals surface area contributed by atoms with E-state index in [2.05, 4.69) is 29.3 Å². The van der Waals surface area contributed by atoms with E-state index in [1.165, 1.54) is 37.3 Å². The molecule has 21 heavy (non-hydrogen) atoms. The highest BCUT2D eigenvalue weighted by Gasteiger charge is 2.35. The first-order chi connectivity index (χ1) is 9.71. The number of benzene rings is 1. The Kier molecular flexibility index (Phi) is 5.36. The van der Waals surface area contributed by atoms with Crippen LogP contribution in [0.25, 0.3) is 0 Å². The zero-order chi connectivity index (χ0) is 14.1. The van der Waals surface area contributed by atoms with Gasteiger partial charge in [0.05, 0.1) is 14.2 Å². The van der Waals surface area contributed by atoms with Crippen LogP contribution in [0.3, 0.4) is 0 Å². The van der Waals surface area contributed by atoms with E-state index in [9.17, 15) is 0 Å². The molecule has 0 saturated carbocycles. The van der Waals surface area contributed by atoms with Crippen molar-refractivity contribution < 1.29 is 9.47 Å². The first-order valence-corrected chi connectivity index (χ1v) is 7.36. The number of nitrogens with one attached hydrogen (secondary N) is 1. The summed E-state index contributed by atoms with van der Waals surface area (Å²) in [7, 11) is 3.38. The van der Waals surface area contributed by atoms with Crippen molar-refractivity contribution in [3.05, 3.63) is 23.3 Å². The fourth-order valence-corrected chi connectivity index (χ4v) is 3.52. The molecule has 2 heterocycles. The summed E-state index contributed by atoms with van der Waals surface area (Å²) in [5, 5.41) is 3.49. The minimum absolute atomic E-state index is 0. The lowest BCUT2D eigenvalue weighted by Crippen LogP contribution is -2.25. The zero-order valence-corrected chi connectivity index (χ0v) is 13.8. The van der Waals surface area contributed by atoms with E-state index < -0.39 is 0 Å². The van der Waals surface area contributed by atoms with Crippen LogP contribution >= 0.6 is 12.4 Å². The smallest absolute Gasteiger partial charge is 0.161 e. The molecule has 3 rings (SSSR count). The van der Waals surface area contributed by atoms with Gasteiger partial charge in [-0.15, -0.1) is 12.4 Å². The van der Waals surface area contributed by atoms with Gasteiger partial charge in [-0.1, -0.05) is 0 Å². The molecule has 1 N–H and O–H groups in total. The maximum Gasteiger partial charge on any atom is 0.161 e. The molecular formula is C16H25ClN2O2. The van der Waals surface area contributed by atoms with Crippen molar-refractivity contribution in [2.75, 3.05) is 40.4 Å². The quantitative estimate of drug-likeness (QED) is 0.923. The van der Waals surface area contributed by atoms with E-state index in [1.54, 1.807) is 14.2 Å². The van der Waals surface area contributed by atoms with Crippen molar-refractivity contribution in [1.29, 1.82) is 0 Å². The van der Waals surface area contributed by atoms with Gasteiger partial charge >= 0.3 is 0 Å². The molecule has 0 bridgehead atoms. The van der Waals surface area contributed by atoms with Gasteiger partial charge in [0, 0.05) is 19.6 Å². The Bertz CT molecular complexity index is 483. The third kappa shape index (κ3) is 3.28. The number of hydrogen-bond acceptors (Lipinski definition) is 4. The fraction of sp³-hybridized carbons (Fsp3) is 0.625. The molecule has 118 valence electrons. The van der Waals surface area contributed by atoms with Crippen LogP contribution in [0, 0.1) is 18.8 Å². The average molecular weight is 313 g/mol. The summed E-state index contributed by atoms with van der Waals surface area (Å²) in [6.07, 6.45) is 0. The molecule has 4 nitrogen and oxygen atoms in total. The summed E-state index contributed by atoms with van der Waals surface area (Å²) < 4.78 is 10.8. The standard InChI is InChI=1S/C16H24N2O2.ClH/c1-11-4-15(19-2)16(20-3)5-12(11)8-18-9-13-6-17-7-14(13)10-18;/h4-5,13-14,17H,6-10H2,1-3H3;1H/t13-,14+;. The number of aryl methyl sites for hydroxylation is 1. The van der Waals surface area contributed by atoms with E-state index in [4.69, 9.17) is 9.47 Å². The minimum atomic E-state index is 0. The van der Waals surface area contributed by atoms with Crippen LogP contribution in [-0.2, 0) is 6.54 Å².